The third-order valence-electron chi connectivity index (χ3n) is 6.84. The third-order valence-corrected chi connectivity index (χ3v) is 7.15. The quantitative estimate of drug-likeness (QED) is 0.274. The first kappa shape index (κ1) is 30.3. The Morgan fingerprint density at radius 3 is 2.54 bits per heavy atom. The number of para-hydroxylation sites is 1. The zero-order valence-corrected chi connectivity index (χ0v) is 23.3. The molecule has 0 unspecified atom stereocenters. The van der Waals surface area contributed by atoms with Crippen molar-refractivity contribution in [3.8, 4) is 5.75 Å². The van der Waals surface area contributed by atoms with Crippen LogP contribution in [0.15, 0.2) is 48.7 Å². The molecular weight excluding hydrogens is 563 g/mol. The van der Waals surface area contributed by atoms with Gasteiger partial charge in [0.25, 0.3) is 5.91 Å². The molecule has 220 valence electrons. The number of hydrogen-bond acceptors (Lipinski definition) is 5. The number of nitrogens with one attached hydrogen (secondary N) is 1. The lowest BCUT2D eigenvalue weighted by Gasteiger charge is -2.25. The number of carbonyl (C=O) groups is 2. The maximum Gasteiger partial charge on any atom is 0.418 e. The van der Waals surface area contributed by atoms with Gasteiger partial charge in [-0.05, 0) is 48.2 Å². The second-order valence-corrected chi connectivity index (χ2v) is 10.6. The highest BCUT2D eigenvalue weighted by Gasteiger charge is 2.37. The molecule has 1 aliphatic heterocycles. The molecule has 8 nitrogen and oxygen atoms in total. The minimum Gasteiger partial charge on any atom is -0.490 e. The minimum atomic E-state index is -4.83. The second-order valence-electron chi connectivity index (χ2n) is 10.2. The molecule has 2 aromatic carbocycles. The first-order valence-corrected chi connectivity index (χ1v) is 13.5. The van der Waals surface area contributed by atoms with Crippen molar-refractivity contribution in [2.45, 2.75) is 51.4 Å². The van der Waals surface area contributed by atoms with Crippen LogP contribution in [0, 0.1) is 0 Å². The summed E-state index contributed by atoms with van der Waals surface area (Å²) in [5, 5.41) is 22.2. The first-order valence-electron chi connectivity index (χ1n) is 13.1. The fourth-order valence-corrected chi connectivity index (χ4v) is 5.24. The highest BCUT2D eigenvalue weighted by atomic mass is 35.5. The van der Waals surface area contributed by atoms with Gasteiger partial charge in [0.05, 0.1) is 40.9 Å². The monoisotopic (exact) mass is 593 g/mol. The lowest BCUT2D eigenvalue weighted by Crippen LogP contribution is -2.25. The Labute approximate surface area is 240 Å². The second kappa shape index (κ2) is 12.4. The van der Waals surface area contributed by atoms with E-state index < -0.39 is 41.8 Å². The standard InChI is InChI=1S/C29H31ClF3N3O5/c1-17(2)27-20(8-10-35(27)11-12-41-25-6-4-3-5-22(25)30)28(40)34-23-13-18(14-26(38)39)24(15-21(23)29(31,32)33)36-9-7-19(37)16-36/h3-6,8,10,13,15,17,19,37H,7,9,11-12,14,16H2,1-2H3,(H,34,40)(H,38,39)/t19-/m1/s1. The molecule has 1 amide bonds. The number of carboxylic acids is 1. The van der Waals surface area contributed by atoms with Crippen LogP contribution in [0.25, 0.3) is 0 Å². The summed E-state index contributed by atoms with van der Waals surface area (Å²) in [6, 6.07) is 10.5. The average molecular weight is 594 g/mol. The van der Waals surface area contributed by atoms with Gasteiger partial charge in [0, 0.05) is 30.7 Å². The highest BCUT2D eigenvalue weighted by Crippen LogP contribution is 2.40. The van der Waals surface area contributed by atoms with Gasteiger partial charge in [-0.1, -0.05) is 37.6 Å². The van der Waals surface area contributed by atoms with Crippen LogP contribution < -0.4 is 15.0 Å². The number of ether oxygens (including phenoxy) is 1. The first-order chi connectivity index (χ1) is 19.3. The molecule has 1 saturated heterocycles. The number of aromatic nitrogens is 1. The Morgan fingerprint density at radius 1 is 1.20 bits per heavy atom. The molecule has 0 bridgehead atoms. The van der Waals surface area contributed by atoms with Crippen molar-refractivity contribution in [2.24, 2.45) is 0 Å². The van der Waals surface area contributed by atoms with Gasteiger partial charge in [0.1, 0.15) is 12.4 Å². The topological polar surface area (TPSA) is 104 Å². The summed E-state index contributed by atoms with van der Waals surface area (Å²) >= 11 is 6.14. The Hall–Kier alpha value is -3.70. The molecule has 41 heavy (non-hydrogen) atoms. The van der Waals surface area contributed by atoms with Crippen molar-refractivity contribution in [2.75, 3.05) is 29.9 Å². The summed E-state index contributed by atoms with van der Waals surface area (Å²) < 4.78 is 50.1. The van der Waals surface area contributed by atoms with E-state index in [9.17, 15) is 33.0 Å². The number of aliphatic hydroxyl groups is 1. The van der Waals surface area contributed by atoms with Gasteiger partial charge < -0.3 is 29.7 Å². The van der Waals surface area contributed by atoms with Crippen LogP contribution in [0.2, 0.25) is 5.02 Å². The summed E-state index contributed by atoms with van der Waals surface area (Å²) in [5.41, 5.74) is -0.665. The van der Waals surface area contributed by atoms with Gasteiger partial charge in [-0.25, -0.2) is 0 Å². The van der Waals surface area contributed by atoms with Crippen molar-refractivity contribution in [3.05, 3.63) is 76.1 Å². The molecule has 1 atom stereocenters. The summed E-state index contributed by atoms with van der Waals surface area (Å²) in [6.07, 6.45) is -4.09. The lowest BCUT2D eigenvalue weighted by molar-refractivity contribution is -0.137. The number of halogens is 4. The number of nitrogens with zero attached hydrogens (tertiary/aromatic N) is 2. The number of anilines is 2. The Kier molecular flexibility index (Phi) is 9.18. The van der Waals surface area contributed by atoms with Crippen LogP contribution in [-0.4, -0.2) is 52.5 Å². The molecule has 0 saturated carbocycles. The average Bonchev–Trinajstić information content (AvgIpc) is 3.51. The molecular formula is C29H31ClF3N3O5. The summed E-state index contributed by atoms with van der Waals surface area (Å²) in [7, 11) is 0. The van der Waals surface area contributed by atoms with Crippen molar-refractivity contribution in [3.63, 3.8) is 0 Å². The predicted molar refractivity (Wildman–Crippen MR) is 149 cm³/mol. The molecule has 2 heterocycles. The van der Waals surface area contributed by atoms with Crippen molar-refractivity contribution < 1.29 is 37.7 Å². The number of hydrogen-bond donors (Lipinski definition) is 3. The van der Waals surface area contributed by atoms with E-state index in [2.05, 4.69) is 5.32 Å². The predicted octanol–water partition coefficient (Wildman–Crippen LogP) is 5.81. The highest BCUT2D eigenvalue weighted by molar-refractivity contribution is 6.32. The lowest BCUT2D eigenvalue weighted by atomic mass is 10.0. The van der Waals surface area contributed by atoms with E-state index in [1.807, 2.05) is 13.8 Å². The van der Waals surface area contributed by atoms with Crippen LogP contribution in [0.4, 0.5) is 24.5 Å². The van der Waals surface area contributed by atoms with E-state index >= 15 is 0 Å². The largest absolute Gasteiger partial charge is 0.490 e. The molecule has 12 heteroatoms. The fraction of sp³-hybridized carbons (Fsp3) is 0.379. The summed E-state index contributed by atoms with van der Waals surface area (Å²) in [4.78, 5) is 26.5. The Morgan fingerprint density at radius 2 is 1.93 bits per heavy atom. The fourth-order valence-electron chi connectivity index (χ4n) is 5.05. The molecule has 3 N–H and O–H groups in total. The van der Waals surface area contributed by atoms with Crippen molar-refractivity contribution in [1.82, 2.24) is 4.57 Å². The third kappa shape index (κ3) is 7.15. The number of alkyl halides is 3. The molecule has 1 aliphatic rings. The zero-order valence-electron chi connectivity index (χ0n) is 22.5. The number of carbonyl (C=O) groups excluding carboxylic acids is 1. The minimum absolute atomic E-state index is 0.0711. The normalized spacial score (nSPS) is 15.4. The Balaban J connectivity index is 1.63. The van der Waals surface area contributed by atoms with E-state index in [0.29, 0.717) is 29.4 Å². The molecule has 1 fully saturated rings. The maximum absolute atomic E-state index is 14.2. The van der Waals surface area contributed by atoms with Crippen LogP contribution in [0.3, 0.4) is 0 Å². The maximum atomic E-state index is 14.2. The van der Waals surface area contributed by atoms with Crippen LogP contribution >= 0.6 is 11.6 Å². The van der Waals surface area contributed by atoms with Gasteiger partial charge in [0.15, 0.2) is 0 Å². The van der Waals surface area contributed by atoms with Crippen LogP contribution in [0.5, 0.6) is 5.75 Å². The van der Waals surface area contributed by atoms with E-state index in [0.717, 1.165) is 12.1 Å². The van der Waals surface area contributed by atoms with Gasteiger partial charge in [-0.2, -0.15) is 13.2 Å². The van der Waals surface area contributed by atoms with Crippen molar-refractivity contribution in [1.29, 1.82) is 0 Å². The number of amides is 1. The van der Waals surface area contributed by atoms with E-state index in [4.69, 9.17) is 16.3 Å². The van der Waals surface area contributed by atoms with Gasteiger partial charge in [-0.3, -0.25) is 9.59 Å². The van der Waals surface area contributed by atoms with Gasteiger partial charge >= 0.3 is 12.1 Å². The van der Waals surface area contributed by atoms with E-state index in [1.54, 1.807) is 35.0 Å². The van der Waals surface area contributed by atoms with Gasteiger partial charge in [-0.15, -0.1) is 0 Å². The summed E-state index contributed by atoms with van der Waals surface area (Å²) in [6.45, 7) is 4.69. The SMILES string of the molecule is CC(C)c1c(C(=O)Nc2cc(CC(=O)O)c(N3CC[C@@H](O)C3)cc2C(F)(F)F)ccn1CCOc1ccccc1Cl. The van der Waals surface area contributed by atoms with E-state index in [-0.39, 0.29) is 42.4 Å². The molecule has 1 aromatic heterocycles. The van der Waals surface area contributed by atoms with Crippen molar-refractivity contribution >= 4 is 34.9 Å². The van der Waals surface area contributed by atoms with Gasteiger partial charge in [0.2, 0.25) is 0 Å². The smallest absolute Gasteiger partial charge is 0.418 e. The molecule has 0 aliphatic carbocycles. The molecule has 0 spiro atoms. The molecule has 4 rings (SSSR count). The number of rotatable bonds is 10. The number of benzene rings is 2. The van der Waals surface area contributed by atoms with Crippen LogP contribution in [-0.2, 0) is 23.9 Å². The number of aliphatic carboxylic acids is 1. The number of β-amino-alcohol motifs (C(OH)–C–C–N with tert-alkyl or cyclic N) is 1. The number of aliphatic hydroxyl groups excluding tert-OH is 1. The number of carboxylic acid groups (broad SMARTS) is 1. The summed E-state index contributed by atoms with van der Waals surface area (Å²) in [5.74, 6) is -1.63. The zero-order chi connectivity index (χ0) is 29.9. The van der Waals surface area contributed by atoms with Crippen LogP contribution in [0.1, 0.15) is 53.4 Å². The molecule has 3 aromatic rings. The van der Waals surface area contributed by atoms with E-state index in [1.165, 1.54) is 11.0 Å². The Bertz CT molecular complexity index is 1420. The molecule has 0 radical (unpaired) electrons.